The average Bonchev–Trinajstić information content (AvgIpc) is 2.42. The van der Waals surface area contributed by atoms with Gasteiger partial charge in [-0.25, -0.2) is 8.42 Å². The first kappa shape index (κ1) is 18.7. The highest BCUT2D eigenvalue weighted by atomic mass is 32.2. The van der Waals surface area contributed by atoms with Crippen molar-refractivity contribution >= 4 is 18.1 Å². The van der Waals surface area contributed by atoms with Crippen LogP contribution in [0.2, 0.25) is 19.6 Å². The van der Waals surface area contributed by atoms with Gasteiger partial charge in [0, 0.05) is 6.04 Å². The van der Waals surface area contributed by atoms with E-state index in [4.69, 9.17) is 0 Å². The third kappa shape index (κ3) is 5.13. The molecule has 0 spiro atoms. The van der Waals surface area contributed by atoms with E-state index in [0.717, 1.165) is 5.56 Å². The quantitative estimate of drug-likeness (QED) is 0.469. The SMILES string of the molecule is C=C[C@@H](C)N(CC#C[Si](C)(C)C)S(=O)(=O)c1ccc(C)cc1. The summed E-state index contributed by atoms with van der Waals surface area (Å²) < 4.78 is 27.0. The number of hydrogen-bond acceptors (Lipinski definition) is 2. The Labute approximate surface area is 136 Å². The fraction of sp³-hybridized carbons (Fsp3) is 0.412. The summed E-state index contributed by atoms with van der Waals surface area (Å²) in [6.45, 7) is 14.1. The molecule has 0 aromatic heterocycles. The van der Waals surface area contributed by atoms with Gasteiger partial charge in [0.15, 0.2) is 0 Å². The monoisotopic (exact) mass is 335 g/mol. The van der Waals surface area contributed by atoms with E-state index in [2.05, 4.69) is 37.7 Å². The summed E-state index contributed by atoms with van der Waals surface area (Å²) in [5, 5.41) is 0. The Balaban J connectivity index is 3.17. The van der Waals surface area contributed by atoms with Crippen molar-refractivity contribution < 1.29 is 8.42 Å². The third-order valence-electron chi connectivity index (χ3n) is 3.12. The van der Waals surface area contributed by atoms with E-state index in [1.807, 2.05) is 13.8 Å². The number of hydrogen-bond donors (Lipinski definition) is 0. The van der Waals surface area contributed by atoms with Crippen LogP contribution in [0.1, 0.15) is 12.5 Å². The molecule has 5 heteroatoms. The number of rotatable bonds is 5. The van der Waals surface area contributed by atoms with E-state index in [-0.39, 0.29) is 12.6 Å². The van der Waals surface area contributed by atoms with Crippen LogP contribution in [-0.4, -0.2) is 33.4 Å². The van der Waals surface area contributed by atoms with E-state index in [1.165, 1.54) is 4.31 Å². The van der Waals surface area contributed by atoms with Crippen LogP contribution < -0.4 is 0 Å². The lowest BCUT2D eigenvalue weighted by atomic mass is 10.2. The van der Waals surface area contributed by atoms with E-state index in [0.29, 0.717) is 4.90 Å². The van der Waals surface area contributed by atoms with Gasteiger partial charge in [-0.3, -0.25) is 0 Å². The minimum absolute atomic E-state index is 0.188. The number of nitrogens with zero attached hydrogens (tertiary/aromatic N) is 1. The van der Waals surface area contributed by atoms with Gasteiger partial charge in [0.1, 0.15) is 8.07 Å². The molecule has 120 valence electrons. The summed E-state index contributed by atoms with van der Waals surface area (Å²) >= 11 is 0. The van der Waals surface area contributed by atoms with Crippen molar-refractivity contribution in [2.24, 2.45) is 0 Å². The van der Waals surface area contributed by atoms with Crippen molar-refractivity contribution in [1.82, 2.24) is 4.31 Å². The van der Waals surface area contributed by atoms with Crippen LogP contribution in [0, 0.1) is 18.4 Å². The molecule has 1 aromatic rings. The first-order chi connectivity index (χ1) is 10.1. The Morgan fingerprint density at radius 3 is 2.27 bits per heavy atom. The summed E-state index contributed by atoms with van der Waals surface area (Å²) in [5.74, 6) is 3.04. The molecule has 0 saturated carbocycles. The van der Waals surface area contributed by atoms with Gasteiger partial charge in [0.05, 0.1) is 11.4 Å². The highest BCUT2D eigenvalue weighted by molar-refractivity contribution is 7.89. The standard InChI is InChI=1S/C17H25NO2SSi/c1-7-16(3)18(13-8-14-22(4,5)6)21(19,20)17-11-9-15(2)10-12-17/h7,9-12,16H,1,13H2,2-6H3/t16-/m1/s1. The second kappa shape index (κ2) is 7.27. The molecule has 22 heavy (non-hydrogen) atoms. The molecule has 1 aromatic carbocycles. The van der Waals surface area contributed by atoms with Crippen molar-refractivity contribution in [1.29, 1.82) is 0 Å². The molecule has 0 heterocycles. The predicted molar refractivity (Wildman–Crippen MR) is 95.9 cm³/mol. The number of aryl methyl sites for hydroxylation is 1. The molecular weight excluding hydrogens is 310 g/mol. The summed E-state index contributed by atoms with van der Waals surface area (Å²) in [6, 6.07) is 6.58. The zero-order valence-electron chi connectivity index (χ0n) is 14.1. The first-order valence-corrected chi connectivity index (χ1v) is 12.2. The molecule has 0 saturated heterocycles. The fourth-order valence-electron chi connectivity index (χ4n) is 1.79. The molecule has 0 aliphatic carbocycles. The molecule has 0 radical (unpaired) electrons. The minimum Gasteiger partial charge on any atom is -0.207 e. The molecule has 1 rings (SSSR count). The summed E-state index contributed by atoms with van der Waals surface area (Å²) in [4.78, 5) is 0.293. The van der Waals surface area contributed by atoms with Crippen molar-refractivity contribution in [2.45, 2.75) is 44.4 Å². The maximum Gasteiger partial charge on any atom is 0.244 e. The maximum atomic E-state index is 12.8. The van der Waals surface area contributed by atoms with E-state index >= 15 is 0 Å². The van der Waals surface area contributed by atoms with Crippen LogP contribution >= 0.6 is 0 Å². The van der Waals surface area contributed by atoms with Crippen LogP contribution in [0.15, 0.2) is 41.8 Å². The highest BCUT2D eigenvalue weighted by Crippen LogP contribution is 2.19. The molecule has 0 fully saturated rings. The lowest BCUT2D eigenvalue weighted by Gasteiger charge is -2.24. The zero-order chi connectivity index (χ0) is 17.0. The van der Waals surface area contributed by atoms with Gasteiger partial charge in [0.2, 0.25) is 10.0 Å². The summed E-state index contributed by atoms with van der Waals surface area (Å²) in [5.41, 5.74) is 4.24. The molecule has 0 unspecified atom stereocenters. The average molecular weight is 336 g/mol. The van der Waals surface area contributed by atoms with Crippen LogP contribution in [-0.2, 0) is 10.0 Å². The largest absolute Gasteiger partial charge is 0.244 e. The first-order valence-electron chi connectivity index (χ1n) is 7.29. The second-order valence-electron chi connectivity index (χ2n) is 6.39. The number of sulfonamides is 1. The molecule has 0 bridgehead atoms. The van der Waals surface area contributed by atoms with Crippen molar-refractivity contribution in [3.05, 3.63) is 42.5 Å². The van der Waals surface area contributed by atoms with Gasteiger partial charge >= 0.3 is 0 Å². The Hall–Kier alpha value is -1.35. The molecule has 0 N–H and O–H groups in total. The van der Waals surface area contributed by atoms with E-state index in [9.17, 15) is 8.42 Å². The van der Waals surface area contributed by atoms with Crippen LogP contribution in [0.4, 0.5) is 0 Å². The van der Waals surface area contributed by atoms with Crippen LogP contribution in [0.25, 0.3) is 0 Å². The van der Waals surface area contributed by atoms with Gasteiger partial charge in [-0.15, -0.1) is 12.1 Å². The van der Waals surface area contributed by atoms with E-state index in [1.54, 1.807) is 30.3 Å². The van der Waals surface area contributed by atoms with Crippen LogP contribution in [0.5, 0.6) is 0 Å². The van der Waals surface area contributed by atoms with Gasteiger partial charge < -0.3 is 0 Å². The Morgan fingerprint density at radius 1 is 1.27 bits per heavy atom. The lowest BCUT2D eigenvalue weighted by Crippen LogP contribution is -2.38. The van der Waals surface area contributed by atoms with Crippen molar-refractivity contribution in [3.63, 3.8) is 0 Å². The normalized spacial score (nSPS) is 13.4. The molecular formula is C17H25NO2SSi. The van der Waals surface area contributed by atoms with Crippen molar-refractivity contribution in [3.8, 4) is 11.5 Å². The highest BCUT2D eigenvalue weighted by Gasteiger charge is 2.27. The van der Waals surface area contributed by atoms with Gasteiger partial charge in [0.25, 0.3) is 0 Å². The van der Waals surface area contributed by atoms with Gasteiger partial charge in [-0.1, -0.05) is 49.3 Å². The van der Waals surface area contributed by atoms with Crippen molar-refractivity contribution in [2.75, 3.05) is 6.54 Å². The Kier molecular flexibility index (Phi) is 6.18. The minimum atomic E-state index is -3.57. The van der Waals surface area contributed by atoms with Crippen LogP contribution in [0.3, 0.4) is 0 Å². The smallest absolute Gasteiger partial charge is 0.207 e. The molecule has 3 nitrogen and oxygen atoms in total. The molecule has 0 amide bonds. The lowest BCUT2D eigenvalue weighted by molar-refractivity contribution is 0.412. The summed E-state index contributed by atoms with van der Waals surface area (Å²) in [6.07, 6.45) is 1.63. The molecule has 0 aliphatic rings. The van der Waals surface area contributed by atoms with Gasteiger partial charge in [-0.05, 0) is 26.0 Å². The Morgan fingerprint density at radius 2 is 1.82 bits per heavy atom. The topological polar surface area (TPSA) is 37.4 Å². The molecule has 1 atom stereocenters. The molecule has 0 aliphatic heterocycles. The Bertz CT molecular complexity index is 676. The van der Waals surface area contributed by atoms with Gasteiger partial charge in [-0.2, -0.15) is 4.31 Å². The fourth-order valence-corrected chi connectivity index (χ4v) is 3.91. The zero-order valence-corrected chi connectivity index (χ0v) is 15.9. The summed E-state index contributed by atoms with van der Waals surface area (Å²) in [7, 11) is -5.10. The predicted octanol–water partition coefficient (Wildman–Crippen LogP) is 3.44. The third-order valence-corrected chi connectivity index (χ3v) is 5.99. The number of benzene rings is 1. The maximum absolute atomic E-state index is 12.8. The van der Waals surface area contributed by atoms with E-state index < -0.39 is 18.1 Å². The second-order valence-corrected chi connectivity index (χ2v) is 13.0.